The van der Waals surface area contributed by atoms with Crippen molar-refractivity contribution in [1.82, 2.24) is 0 Å². The van der Waals surface area contributed by atoms with E-state index in [-0.39, 0.29) is 6.04 Å². The predicted molar refractivity (Wildman–Crippen MR) is 27.4 cm³/mol. The van der Waals surface area contributed by atoms with Crippen LogP contribution in [-0.4, -0.2) is 6.04 Å². The van der Waals surface area contributed by atoms with E-state index in [0.29, 0.717) is 0 Å². The minimum Gasteiger partial charge on any atom is -0.458 e. The summed E-state index contributed by atoms with van der Waals surface area (Å²) in [5.41, 5.74) is 5.41. The molecule has 1 atom stereocenters. The second kappa shape index (κ2) is 1.23. The third-order valence-corrected chi connectivity index (χ3v) is 0.982. The lowest BCUT2D eigenvalue weighted by atomic mass is 10.3. The van der Waals surface area contributed by atoms with E-state index in [2.05, 4.69) is 0 Å². The van der Waals surface area contributed by atoms with Crippen LogP contribution in [0.2, 0.25) is 0 Å². The zero-order valence-corrected chi connectivity index (χ0v) is 4.56. The fourth-order valence-electron chi connectivity index (χ4n) is 0.553. The molecule has 2 nitrogen and oxygen atoms in total. The molecule has 1 rings (SSSR count). The van der Waals surface area contributed by atoms with Crippen molar-refractivity contribution in [2.24, 2.45) is 5.73 Å². The van der Waals surface area contributed by atoms with Crippen LogP contribution in [0.5, 0.6) is 0 Å². The minimum absolute atomic E-state index is 0.0972. The summed E-state index contributed by atoms with van der Waals surface area (Å²) in [6.45, 7) is 3.82. The Morgan fingerprint density at radius 2 is 2.14 bits per heavy atom. The van der Waals surface area contributed by atoms with Crippen LogP contribution in [0.25, 0.3) is 0 Å². The quantitative estimate of drug-likeness (QED) is 0.522. The molecule has 0 saturated carbocycles. The van der Waals surface area contributed by atoms with Gasteiger partial charge in [-0.25, -0.2) is 0 Å². The summed E-state index contributed by atoms with van der Waals surface area (Å²) in [5.74, 6) is 1.95. The number of ether oxygens (including phenoxy) is 1. The summed E-state index contributed by atoms with van der Waals surface area (Å²) in [5, 5.41) is 0. The molecule has 0 aliphatic carbocycles. The number of allylic oxidation sites excluding steroid dienone is 1. The molecule has 0 aromatic carbocycles. The van der Waals surface area contributed by atoms with Gasteiger partial charge in [-0.05, 0) is 13.8 Å². The molecule has 40 valence electrons. The Labute approximate surface area is 43.0 Å². The van der Waals surface area contributed by atoms with Crippen molar-refractivity contribution in [3.63, 3.8) is 0 Å². The highest BCUT2D eigenvalue weighted by Crippen LogP contribution is 2.26. The standard InChI is InChI=1S/C5H9NO/c1-3(6)5-4(2)7-5/h3H,6H2,1-2H3/t3-/m1/s1. The van der Waals surface area contributed by atoms with E-state index >= 15 is 0 Å². The van der Waals surface area contributed by atoms with Crippen LogP contribution < -0.4 is 5.73 Å². The van der Waals surface area contributed by atoms with Crippen LogP contribution in [0.1, 0.15) is 13.8 Å². The monoisotopic (exact) mass is 99.1 g/mol. The SMILES string of the molecule is CC1=C([C@@H](C)N)O1. The molecule has 0 aromatic rings. The van der Waals surface area contributed by atoms with E-state index in [0.717, 1.165) is 11.5 Å². The van der Waals surface area contributed by atoms with Gasteiger partial charge in [0.15, 0.2) is 5.76 Å². The van der Waals surface area contributed by atoms with Gasteiger partial charge in [-0.15, -0.1) is 0 Å². The van der Waals surface area contributed by atoms with E-state index < -0.39 is 0 Å². The molecule has 0 fully saturated rings. The molecule has 0 spiro atoms. The van der Waals surface area contributed by atoms with Crippen molar-refractivity contribution >= 4 is 0 Å². The molecule has 2 heteroatoms. The number of nitrogens with two attached hydrogens (primary N) is 1. The van der Waals surface area contributed by atoms with Crippen LogP contribution in [0.4, 0.5) is 0 Å². The summed E-state index contributed by atoms with van der Waals surface area (Å²) in [6.07, 6.45) is 0. The molecule has 0 amide bonds. The van der Waals surface area contributed by atoms with Crippen LogP contribution in [0, 0.1) is 0 Å². The molecule has 0 saturated heterocycles. The van der Waals surface area contributed by atoms with Gasteiger partial charge in [0.2, 0.25) is 0 Å². The fourth-order valence-corrected chi connectivity index (χ4v) is 0.553. The molecule has 1 heterocycles. The molecule has 1 aliphatic heterocycles. The average molecular weight is 99.1 g/mol. The number of hydrogen-bond acceptors (Lipinski definition) is 2. The lowest BCUT2D eigenvalue weighted by molar-refractivity contribution is 0.444. The Morgan fingerprint density at radius 3 is 2.14 bits per heavy atom. The molecule has 0 aromatic heterocycles. The third kappa shape index (κ3) is 0.747. The van der Waals surface area contributed by atoms with Gasteiger partial charge in [-0.1, -0.05) is 0 Å². The lowest BCUT2D eigenvalue weighted by Gasteiger charge is -1.88. The van der Waals surface area contributed by atoms with Crippen molar-refractivity contribution in [3.05, 3.63) is 11.5 Å². The first-order valence-electron chi connectivity index (χ1n) is 2.36. The van der Waals surface area contributed by atoms with Crippen LogP contribution in [-0.2, 0) is 4.74 Å². The highest BCUT2D eigenvalue weighted by atomic mass is 16.6. The summed E-state index contributed by atoms with van der Waals surface area (Å²) in [6, 6.07) is 0.0972. The lowest BCUT2D eigenvalue weighted by Crippen LogP contribution is -2.12. The maximum atomic E-state index is 5.41. The number of rotatable bonds is 1. The third-order valence-electron chi connectivity index (χ3n) is 0.982. The van der Waals surface area contributed by atoms with E-state index in [9.17, 15) is 0 Å². The van der Waals surface area contributed by atoms with Crippen LogP contribution in [0.3, 0.4) is 0 Å². The normalized spacial score (nSPS) is 21.6. The van der Waals surface area contributed by atoms with Crippen molar-refractivity contribution in [1.29, 1.82) is 0 Å². The van der Waals surface area contributed by atoms with Crippen molar-refractivity contribution < 1.29 is 4.74 Å². The summed E-state index contributed by atoms with van der Waals surface area (Å²) < 4.78 is 4.89. The van der Waals surface area contributed by atoms with Gasteiger partial charge >= 0.3 is 0 Å². The zero-order valence-electron chi connectivity index (χ0n) is 4.56. The molecule has 0 unspecified atom stereocenters. The zero-order chi connectivity index (χ0) is 5.44. The first kappa shape index (κ1) is 4.65. The Hall–Kier alpha value is -0.500. The van der Waals surface area contributed by atoms with Crippen molar-refractivity contribution in [2.75, 3.05) is 0 Å². The highest BCUT2D eigenvalue weighted by molar-refractivity contribution is 5.19. The Balaban J connectivity index is 2.45. The Bertz CT molecular complexity index is 115. The van der Waals surface area contributed by atoms with Crippen LogP contribution in [0.15, 0.2) is 11.5 Å². The maximum absolute atomic E-state index is 5.41. The smallest absolute Gasteiger partial charge is 0.158 e. The second-order valence-corrected chi connectivity index (χ2v) is 1.81. The molecule has 7 heavy (non-hydrogen) atoms. The van der Waals surface area contributed by atoms with E-state index in [1.165, 1.54) is 0 Å². The summed E-state index contributed by atoms with van der Waals surface area (Å²) in [7, 11) is 0. The summed E-state index contributed by atoms with van der Waals surface area (Å²) >= 11 is 0. The highest BCUT2D eigenvalue weighted by Gasteiger charge is 2.22. The first-order chi connectivity index (χ1) is 3.22. The van der Waals surface area contributed by atoms with Crippen molar-refractivity contribution in [2.45, 2.75) is 19.9 Å². The van der Waals surface area contributed by atoms with Crippen molar-refractivity contribution in [3.8, 4) is 0 Å². The van der Waals surface area contributed by atoms with Gasteiger partial charge in [0.1, 0.15) is 5.76 Å². The first-order valence-corrected chi connectivity index (χ1v) is 2.36. The van der Waals surface area contributed by atoms with Gasteiger partial charge in [-0.2, -0.15) is 0 Å². The van der Waals surface area contributed by atoms with E-state index in [4.69, 9.17) is 10.5 Å². The molecule has 1 aliphatic rings. The maximum Gasteiger partial charge on any atom is 0.158 e. The average Bonchev–Trinajstić information content (AvgIpc) is 2.17. The van der Waals surface area contributed by atoms with Crippen LogP contribution >= 0.6 is 0 Å². The van der Waals surface area contributed by atoms with Gasteiger partial charge in [-0.3, -0.25) is 0 Å². The topological polar surface area (TPSA) is 38.5 Å². The van der Waals surface area contributed by atoms with Gasteiger partial charge in [0.25, 0.3) is 0 Å². The largest absolute Gasteiger partial charge is 0.458 e. The van der Waals surface area contributed by atoms with Gasteiger partial charge in [0.05, 0.1) is 6.04 Å². The molecule has 2 N–H and O–H groups in total. The Morgan fingerprint density at radius 1 is 1.71 bits per heavy atom. The van der Waals surface area contributed by atoms with Gasteiger partial charge in [0, 0.05) is 0 Å². The van der Waals surface area contributed by atoms with E-state index in [1.807, 2.05) is 13.8 Å². The Kier molecular flexibility index (Phi) is 0.820. The van der Waals surface area contributed by atoms with Gasteiger partial charge < -0.3 is 10.5 Å². The molecular formula is C5H9NO. The molecular weight excluding hydrogens is 90.1 g/mol. The minimum atomic E-state index is 0.0972. The molecule has 0 radical (unpaired) electrons. The predicted octanol–water partition coefficient (Wildman–Crippen LogP) is 0.595. The molecule has 0 bridgehead atoms. The second-order valence-electron chi connectivity index (χ2n) is 1.81. The fraction of sp³-hybridized carbons (Fsp3) is 0.600. The number of hydrogen-bond donors (Lipinski definition) is 1. The summed E-state index contributed by atoms with van der Waals surface area (Å²) in [4.78, 5) is 0. The van der Waals surface area contributed by atoms with E-state index in [1.54, 1.807) is 0 Å².